The first-order valence-corrected chi connectivity index (χ1v) is 13.0. The molecule has 1 aromatic heterocycles. The summed E-state index contributed by atoms with van der Waals surface area (Å²) in [5.74, 6) is 1.21. The zero-order valence-electron chi connectivity index (χ0n) is 22.3. The van der Waals surface area contributed by atoms with Gasteiger partial charge in [-0.1, -0.05) is 82.3 Å². The van der Waals surface area contributed by atoms with Crippen molar-refractivity contribution < 1.29 is 4.79 Å². The number of aryl methyl sites for hydroxylation is 1. The molecule has 2 heterocycles. The number of nitrogens with zero attached hydrogens (tertiary/aromatic N) is 2. The standard InChI is InChI=1S/C30H40N4O/c1-8-30(9-2,24-17-15-22(16-18-24)20(3)4)32-28(35)26-21(5)33-34-27(26)31-25(19-29(34,6)7)23-13-11-10-12-14-23/h10-18,20,25,31H,8-9,19H2,1-7H3,(H,32,35)/t25-/m1/s1. The van der Waals surface area contributed by atoms with Crippen LogP contribution in [0.25, 0.3) is 0 Å². The molecule has 1 amide bonds. The molecular formula is C30H40N4O. The molecule has 0 saturated heterocycles. The SMILES string of the molecule is CCC(CC)(NC(=O)c1c(C)nn2c1N[C@@H](c1ccccc1)CC2(C)C)c1ccc(C(C)C)cc1. The average Bonchev–Trinajstić information content (AvgIpc) is 3.20. The van der Waals surface area contributed by atoms with Crippen molar-refractivity contribution in [1.29, 1.82) is 0 Å². The predicted molar refractivity (Wildman–Crippen MR) is 144 cm³/mol. The van der Waals surface area contributed by atoms with Gasteiger partial charge in [0, 0.05) is 0 Å². The molecule has 5 heteroatoms. The minimum Gasteiger partial charge on any atom is -0.363 e. The molecule has 1 aliphatic heterocycles. The van der Waals surface area contributed by atoms with Crippen LogP contribution in [0.5, 0.6) is 0 Å². The highest BCUT2D eigenvalue weighted by Gasteiger charge is 2.39. The fourth-order valence-corrected chi connectivity index (χ4v) is 5.43. The number of hydrogen-bond acceptors (Lipinski definition) is 3. The normalized spacial score (nSPS) is 17.1. The van der Waals surface area contributed by atoms with E-state index in [-0.39, 0.29) is 17.5 Å². The van der Waals surface area contributed by atoms with Gasteiger partial charge >= 0.3 is 0 Å². The van der Waals surface area contributed by atoms with Crippen molar-refractivity contribution in [3.63, 3.8) is 0 Å². The molecule has 1 atom stereocenters. The number of amides is 1. The number of fused-ring (bicyclic) bond motifs is 1. The van der Waals surface area contributed by atoms with Gasteiger partial charge in [-0.2, -0.15) is 5.10 Å². The molecule has 4 rings (SSSR count). The van der Waals surface area contributed by atoms with Crippen molar-refractivity contribution in [1.82, 2.24) is 15.1 Å². The summed E-state index contributed by atoms with van der Waals surface area (Å²) < 4.78 is 2.01. The van der Waals surface area contributed by atoms with Crippen molar-refractivity contribution >= 4 is 11.7 Å². The van der Waals surface area contributed by atoms with Crippen LogP contribution in [0.1, 0.15) is 106 Å². The molecule has 0 spiro atoms. The number of anilines is 1. The van der Waals surface area contributed by atoms with Gasteiger partial charge in [0.25, 0.3) is 5.91 Å². The Morgan fingerprint density at radius 1 is 1.11 bits per heavy atom. The minimum absolute atomic E-state index is 0.0719. The lowest BCUT2D eigenvalue weighted by molar-refractivity contribution is 0.0889. The fraction of sp³-hybridized carbons (Fsp3) is 0.467. The first-order chi connectivity index (χ1) is 16.6. The van der Waals surface area contributed by atoms with Crippen molar-refractivity contribution in [3.05, 3.63) is 82.5 Å². The molecule has 0 unspecified atom stereocenters. The van der Waals surface area contributed by atoms with Gasteiger partial charge < -0.3 is 10.6 Å². The van der Waals surface area contributed by atoms with Gasteiger partial charge in [0.1, 0.15) is 11.4 Å². The molecule has 0 radical (unpaired) electrons. The maximum absolute atomic E-state index is 13.9. The first-order valence-electron chi connectivity index (χ1n) is 13.0. The second-order valence-electron chi connectivity index (χ2n) is 10.9. The molecule has 0 fully saturated rings. The largest absolute Gasteiger partial charge is 0.363 e. The molecule has 3 aromatic rings. The zero-order valence-corrected chi connectivity index (χ0v) is 22.3. The highest BCUT2D eigenvalue weighted by atomic mass is 16.2. The van der Waals surface area contributed by atoms with E-state index in [1.807, 2.05) is 17.7 Å². The summed E-state index contributed by atoms with van der Waals surface area (Å²) in [4.78, 5) is 13.9. The third-order valence-electron chi connectivity index (χ3n) is 7.77. The highest BCUT2D eigenvalue weighted by molar-refractivity contribution is 6.00. The third kappa shape index (κ3) is 4.61. The van der Waals surface area contributed by atoms with Crippen LogP contribution >= 0.6 is 0 Å². The highest BCUT2D eigenvalue weighted by Crippen LogP contribution is 2.41. The molecular weight excluding hydrogens is 432 g/mol. The maximum atomic E-state index is 13.9. The van der Waals surface area contributed by atoms with Gasteiger partial charge in [0.15, 0.2) is 0 Å². The van der Waals surface area contributed by atoms with Crippen molar-refractivity contribution in [3.8, 4) is 0 Å². The zero-order chi connectivity index (χ0) is 25.4. The van der Waals surface area contributed by atoms with E-state index < -0.39 is 5.54 Å². The number of benzene rings is 2. The average molecular weight is 473 g/mol. The molecule has 2 aromatic carbocycles. The van der Waals surface area contributed by atoms with Crippen molar-refractivity contribution in [2.75, 3.05) is 5.32 Å². The lowest BCUT2D eigenvalue weighted by atomic mass is 9.83. The summed E-state index contributed by atoms with van der Waals surface area (Å²) in [7, 11) is 0. The lowest BCUT2D eigenvalue weighted by Gasteiger charge is -2.38. The van der Waals surface area contributed by atoms with Crippen LogP contribution in [0.3, 0.4) is 0 Å². The Balaban J connectivity index is 1.70. The van der Waals surface area contributed by atoms with E-state index in [1.54, 1.807) is 0 Å². The minimum atomic E-state index is -0.434. The van der Waals surface area contributed by atoms with Crippen LogP contribution in [-0.2, 0) is 11.1 Å². The van der Waals surface area contributed by atoms with Crippen LogP contribution in [0.15, 0.2) is 54.6 Å². The monoisotopic (exact) mass is 472 g/mol. The van der Waals surface area contributed by atoms with Crippen LogP contribution in [0, 0.1) is 6.92 Å². The molecule has 5 nitrogen and oxygen atoms in total. The number of hydrogen-bond donors (Lipinski definition) is 2. The molecule has 186 valence electrons. The molecule has 0 saturated carbocycles. The summed E-state index contributed by atoms with van der Waals surface area (Å²) >= 11 is 0. The van der Waals surface area contributed by atoms with E-state index >= 15 is 0 Å². The molecule has 0 bridgehead atoms. The van der Waals surface area contributed by atoms with Gasteiger partial charge in [-0.05, 0) is 62.6 Å². The Labute approximate surface area is 210 Å². The van der Waals surface area contributed by atoms with Crippen LogP contribution < -0.4 is 10.6 Å². The second kappa shape index (κ2) is 9.52. The second-order valence-corrected chi connectivity index (χ2v) is 10.9. The van der Waals surface area contributed by atoms with Crippen molar-refractivity contribution in [2.45, 2.75) is 90.8 Å². The summed E-state index contributed by atoms with van der Waals surface area (Å²) in [5.41, 5.74) is 4.42. The molecule has 2 N–H and O–H groups in total. The Bertz CT molecular complexity index is 1170. The topological polar surface area (TPSA) is 59.0 Å². The first kappa shape index (κ1) is 25.0. The number of carbonyl (C=O) groups is 1. The van der Waals surface area contributed by atoms with Crippen LogP contribution in [0.2, 0.25) is 0 Å². The Kier molecular flexibility index (Phi) is 6.81. The van der Waals surface area contributed by atoms with E-state index in [2.05, 4.69) is 101 Å². The van der Waals surface area contributed by atoms with E-state index in [4.69, 9.17) is 5.10 Å². The van der Waals surface area contributed by atoms with Crippen LogP contribution in [-0.4, -0.2) is 15.7 Å². The third-order valence-corrected chi connectivity index (χ3v) is 7.77. The number of aromatic nitrogens is 2. The quantitative estimate of drug-likeness (QED) is 0.387. The van der Waals surface area contributed by atoms with Crippen LogP contribution in [0.4, 0.5) is 5.82 Å². The summed E-state index contributed by atoms with van der Waals surface area (Å²) in [6.45, 7) is 15.0. The van der Waals surface area contributed by atoms with Gasteiger partial charge in [-0.25, -0.2) is 4.68 Å². The number of rotatable bonds is 7. The lowest BCUT2D eigenvalue weighted by Crippen LogP contribution is -2.45. The van der Waals surface area contributed by atoms with Crippen molar-refractivity contribution in [2.24, 2.45) is 0 Å². The predicted octanol–water partition coefficient (Wildman–Crippen LogP) is 7.05. The van der Waals surface area contributed by atoms with Gasteiger partial charge in [-0.15, -0.1) is 0 Å². The Hall–Kier alpha value is -3.08. The summed E-state index contributed by atoms with van der Waals surface area (Å²) in [6.07, 6.45) is 2.51. The Morgan fingerprint density at radius 2 is 1.74 bits per heavy atom. The molecule has 35 heavy (non-hydrogen) atoms. The van der Waals surface area contributed by atoms with Gasteiger partial charge in [0.05, 0.1) is 22.8 Å². The molecule has 0 aliphatic carbocycles. The van der Waals surface area contributed by atoms with Gasteiger partial charge in [-0.3, -0.25) is 4.79 Å². The van der Waals surface area contributed by atoms with E-state index in [0.29, 0.717) is 11.5 Å². The number of carbonyl (C=O) groups excluding carboxylic acids is 1. The smallest absolute Gasteiger partial charge is 0.257 e. The fourth-order valence-electron chi connectivity index (χ4n) is 5.43. The number of nitrogens with one attached hydrogen (secondary N) is 2. The molecule has 1 aliphatic rings. The maximum Gasteiger partial charge on any atom is 0.257 e. The van der Waals surface area contributed by atoms with E-state index in [1.165, 1.54) is 11.1 Å². The van der Waals surface area contributed by atoms with E-state index in [9.17, 15) is 4.79 Å². The summed E-state index contributed by atoms with van der Waals surface area (Å²) in [6, 6.07) is 19.3. The summed E-state index contributed by atoms with van der Waals surface area (Å²) in [5, 5.41) is 11.9. The van der Waals surface area contributed by atoms with Gasteiger partial charge in [0.2, 0.25) is 0 Å². The Morgan fingerprint density at radius 3 is 2.31 bits per heavy atom. The van der Waals surface area contributed by atoms with E-state index in [0.717, 1.165) is 36.3 Å².